The summed E-state index contributed by atoms with van der Waals surface area (Å²) in [7, 11) is 1.59. The van der Waals surface area contributed by atoms with Gasteiger partial charge in [0, 0.05) is 23.9 Å². The van der Waals surface area contributed by atoms with E-state index in [1.165, 1.54) is 0 Å². The highest BCUT2D eigenvalue weighted by atomic mass is 16.5. The number of hydrogen-bond acceptors (Lipinski definition) is 5. The highest BCUT2D eigenvalue weighted by Gasteiger charge is 2.15. The molecule has 0 saturated carbocycles. The van der Waals surface area contributed by atoms with Crippen LogP contribution in [0.25, 0.3) is 5.65 Å². The van der Waals surface area contributed by atoms with Crippen LogP contribution in [0.5, 0.6) is 5.88 Å². The van der Waals surface area contributed by atoms with Gasteiger partial charge >= 0.3 is 0 Å². The zero-order chi connectivity index (χ0) is 19.6. The Hall–Kier alpha value is -3.09. The molecule has 0 aliphatic rings. The first-order chi connectivity index (χ1) is 12.8. The minimum absolute atomic E-state index is 0.0459. The maximum atomic E-state index is 12.3. The Bertz CT molecular complexity index is 955. The minimum Gasteiger partial charge on any atom is -0.481 e. The molecule has 3 aromatic rings. The second kappa shape index (κ2) is 7.26. The van der Waals surface area contributed by atoms with Gasteiger partial charge in [0.05, 0.1) is 18.9 Å². The molecule has 0 fully saturated rings. The first-order valence-electron chi connectivity index (χ1n) is 8.82. The van der Waals surface area contributed by atoms with E-state index in [9.17, 15) is 4.79 Å². The number of amides is 1. The van der Waals surface area contributed by atoms with Crippen molar-refractivity contribution in [3.63, 3.8) is 0 Å². The van der Waals surface area contributed by atoms with E-state index in [2.05, 4.69) is 41.5 Å². The van der Waals surface area contributed by atoms with Gasteiger partial charge in [-0.3, -0.25) is 4.79 Å². The van der Waals surface area contributed by atoms with Crippen LogP contribution in [0.3, 0.4) is 0 Å². The molecule has 0 atom stereocenters. The van der Waals surface area contributed by atoms with Crippen LogP contribution in [-0.2, 0) is 0 Å². The van der Waals surface area contributed by atoms with E-state index in [0.29, 0.717) is 23.6 Å². The van der Waals surface area contributed by atoms with Crippen molar-refractivity contribution in [3.05, 3.63) is 47.7 Å². The molecule has 0 saturated heterocycles. The van der Waals surface area contributed by atoms with E-state index in [4.69, 9.17) is 4.74 Å². The predicted octanol–water partition coefficient (Wildman–Crippen LogP) is 3.57. The van der Waals surface area contributed by atoms with Crippen molar-refractivity contribution in [1.82, 2.24) is 19.9 Å². The highest BCUT2D eigenvalue weighted by molar-refractivity contribution is 5.94. The van der Waals surface area contributed by atoms with Crippen molar-refractivity contribution >= 4 is 23.1 Å². The van der Waals surface area contributed by atoms with Crippen LogP contribution in [0.15, 0.2) is 36.5 Å². The number of carbonyl (C=O) groups excluding carboxylic acids is 1. The van der Waals surface area contributed by atoms with Gasteiger partial charge in [-0.1, -0.05) is 20.8 Å². The van der Waals surface area contributed by atoms with Gasteiger partial charge in [0.2, 0.25) is 5.88 Å². The fourth-order valence-corrected chi connectivity index (χ4v) is 2.64. The van der Waals surface area contributed by atoms with Gasteiger partial charge in [0.1, 0.15) is 5.82 Å². The smallest absolute Gasteiger partial charge is 0.251 e. The lowest BCUT2D eigenvalue weighted by Gasteiger charge is -2.18. The molecule has 3 rings (SSSR count). The number of fused-ring (bicyclic) bond motifs is 1. The number of anilines is 2. The summed E-state index contributed by atoms with van der Waals surface area (Å²) < 4.78 is 7.08. The van der Waals surface area contributed by atoms with Crippen LogP contribution >= 0.6 is 0 Å². The van der Waals surface area contributed by atoms with Crippen molar-refractivity contribution < 1.29 is 9.53 Å². The SMILES string of the molecule is COc1nc2ccnn2c(Nc2ccc(C(=O)NCC(C)(C)C)cc2)c1C. The average Bonchev–Trinajstić information content (AvgIpc) is 3.10. The minimum atomic E-state index is -0.0762. The van der Waals surface area contributed by atoms with Crippen LogP contribution in [0, 0.1) is 12.3 Å². The molecule has 27 heavy (non-hydrogen) atoms. The lowest BCUT2D eigenvalue weighted by molar-refractivity contribution is 0.0939. The number of hydrogen-bond donors (Lipinski definition) is 2. The Morgan fingerprint density at radius 2 is 1.89 bits per heavy atom. The normalized spacial score (nSPS) is 11.4. The Balaban J connectivity index is 1.81. The number of aromatic nitrogens is 3. The van der Waals surface area contributed by atoms with Crippen LogP contribution in [-0.4, -0.2) is 34.2 Å². The zero-order valence-corrected chi connectivity index (χ0v) is 16.3. The molecular formula is C20H25N5O2. The maximum Gasteiger partial charge on any atom is 0.251 e. The second-order valence-corrected chi connectivity index (χ2v) is 7.64. The first-order valence-corrected chi connectivity index (χ1v) is 8.82. The van der Waals surface area contributed by atoms with Crippen molar-refractivity contribution in [2.75, 3.05) is 19.0 Å². The third-order valence-corrected chi connectivity index (χ3v) is 4.11. The van der Waals surface area contributed by atoms with E-state index in [1.807, 2.05) is 25.1 Å². The molecule has 7 nitrogen and oxygen atoms in total. The van der Waals surface area contributed by atoms with E-state index in [1.54, 1.807) is 30.0 Å². The molecule has 0 spiro atoms. The molecule has 2 N–H and O–H groups in total. The van der Waals surface area contributed by atoms with E-state index in [-0.39, 0.29) is 11.3 Å². The number of benzene rings is 1. The maximum absolute atomic E-state index is 12.3. The molecule has 1 aromatic carbocycles. The van der Waals surface area contributed by atoms with Gasteiger partial charge in [-0.25, -0.2) is 0 Å². The van der Waals surface area contributed by atoms with Gasteiger partial charge in [0.15, 0.2) is 5.65 Å². The molecule has 2 aromatic heterocycles. The van der Waals surface area contributed by atoms with Gasteiger partial charge < -0.3 is 15.4 Å². The predicted molar refractivity (Wildman–Crippen MR) is 106 cm³/mol. The lowest BCUT2D eigenvalue weighted by Crippen LogP contribution is -2.32. The molecule has 142 valence electrons. The van der Waals surface area contributed by atoms with Crippen molar-refractivity contribution in [3.8, 4) is 5.88 Å². The summed E-state index contributed by atoms with van der Waals surface area (Å²) in [6.45, 7) is 8.80. The summed E-state index contributed by atoms with van der Waals surface area (Å²) in [4.78, 5) is 16.7. The van der Waals surface area contributed by atoms with Crippen molar-refractivity contribution in [1.29, 1.82) is 0 Å². The van der Waals surface area contributed by atoms with Crippen LogP contribution in [0.4, 0.5) is 11.5 Å². The Kier molecular flexibility index (Phi) is 5.03. The quantitative estimate of drug-likeness (QED) is 0.721. The van der Waals surface area contributed by atoms with E-state index in [0.717, 1.165) is 17.1 Å². The third kappa shape index (κ3) is 4.19. The molecule has 0 aliphatic carbocycles. The molecule has 0 unspecified atom stereocenters. The molecule has 2 heterocycles. The molecule has 0 bridgehead atoms. The fraction of sp³-hybridized carbons (Fsp3) is 0.350. The van der Waals surface area contributed by atoms with Crippen LogP contribution in [0.1, 0.15) is 36.7 Å². The zero-order valence-electron chi connectivity index (χ0n) is 16.3. The van der Waals surface area contributed by atoms with Gasteiger partial charge in [-0.15, -0.1) is 0 Å². The third-order valence-electron chi connectivity index (χ3n) is 4.11. The van der Waals surface area contributed by atoms with Crippen LogP contribution < -0.4 is 15.4 Å². The number of methoxy groups -OCH3 is 1. The van der Waals surface area contributed by atoms with Gasteiger partial charge in [-0.2, -0.15) is 14.6 Å². The highest BCUT2D eigenvalue weighted by Crippen LogP contribution is 2.27. The first kappa shape index (κ1) is 18.7. The van der Waals surface area contributed by atoms with Crippen LogP contribution in [0.2, 0.25) is 0 Å². The average molecular weight is 367 g/mol. The number of nitrogens with zero attached hydrogens (tertiary/aromatic N) is 3. The number of carbonyl (C=O) groups is 1. The number of nitrogens with one attached hydrogen (secondary N) is 2. The summed E-state index contributed by atoms with van der Waals surface area (Å²) >= 11 is 0. The molecule has 0 aliphatic heterocycles. The summed E-state index contributed by atoms with van der Waals surface area (Å²) in [5.41, 5.74) is 3.05. The number of rotatable bonds is 5. The summed E-state index contributed by atoms with van der Waals surface area (Å²) in [5.74, 6) is 1.24. The number of ether oxygens (including phenoxy) is 1. The summed E-state index contributed by atoms with van der Waals surface area (Å²) in [6, 6.07) is 9.15. The Morgan fingerprint density at radius 1 is 1.19 bits per heavy atom. The lowest BCUT2D eigenvalue weighted by atomic mass is 9.97. The van der Waals surface area contributed by atoms with E-state index < -0.39 is 0 Å². The van der Waals surface area contributed by atoms with E-state index >= 15 is 0 Å². The summed E-state index contributed by atoms with van der Waals surface area (Å²) in [6.07, 6.45) is 1.69. The second-order valence-electron chi connectivity index (χ2n) is 7.64. The van der Waals surface area contributed by atoms with Gasteiger partial charge in [-0.05, 0) is 36.6 Å². The monoisotopic (exact) mass is 367 g/mol. The molecule has 7 heteroatoms. The topological polar surface area (TPSA) is 80.6 Å². The standard InChI is InChI=1S/C20H25N5O2/c1-13-17(25-16(10-11-22-25)24-19(13)27-5)23-15-8-6-14(7-9-15)18(26)21-12-20(2,3)4/h6-11,23H,12H2,1-5H3,(H,21,26). The van der Waals surface area contributed by atoms with Crippen molar-refractivity contribution in [2.24, 2.45) is 5.41 Å². The van der Waals surface area contributed by atoms with Crippen molar-refractivity contribution in [2.45, 2.75) is 27.7 Å². The Morgan fingerprint density at radius 3 is 2.52 bits per heavy atom. The summed E-state index contributed by atoms with van der Waals surface area (Å²) in [5, 5.41) is 10.6. The molecule has 0 radical (unpaired) electrons. The largest absolute Gasteiger partial charge is 0.481 e. The molecular weight excluding hydrogens is 342 g/mol. The Labute approximate surface area is 158 Å². The van der Waals surface area contributed by atoms with Gasteiger partial charge in [0.25, 0.3) is 5.91 Å². The molecule has 1 amide bonds. The fourth-order valence-electron chi connectivity index (χ4n) is 2.64.